The van der Waals surface area contributed by atoms with Crippen molar-refractivity contribution in [3.05, 3.63) is 51.8 Å². The van der Waals surface area contributed by atoms with Crippen LogP contribution in [0.2, 0.25) is 5.02 Å². The number of nitrogens with zero attached hydrogens (tertiary/aromatic N) is 1. The van der Waals surface area contributed by atoms with E-state index in [4.69, 9.17) is 11.6 Å². The molecule has 2 N–H and O–H groups in total. The van der Waals surface area contributed by atoms with Crippen LogP contribution in [0, 0.1) is 11.6 Å². The number of hydrogen-bond acceptors (Lipinski definition) is 5. The number of amides is 2. The number of carbonyl (C=O) groups excluding carboxylic acids is 4. The Morgan fingerprint density at radius 2 is 1.91 bits per heavy atom. The van der Waals surface area contributed by atoms with Gasteiger partial charge in [-0.25, -0.2) is 8.78 Å². The van der Waals surface area contributed by atoms with Crippen molar-refractivity contribution in [3.8, 4) is 0 Å². The normalized spacial score (nSPS) is 12.2. The van der Waals surface area contributed by atoms with E-state index in [9.17, 15) is 28.0 Å². The summed E-state index contributed by atoms with van der Waals surface area (Å²) in [7, 11) is 1.29. The molecule has 1 aliphatic heterocycles. The first-order valence-electron chi connectivity index (χ1n) is 10.3. The molecule has 0 spiro atoms. The van der Waals surface area contributed by atoms with Gasteiger partial charge in [-0.3, -0.25) is 19.2 Å². The molecule has 0 atom stereocenters. The second-order valence-electron chi connectivity index (χ2n) is 7.44. The summed E-state index contributed by atoms with van der Waals surface area (Å²) in [5.41, 5.74) is 0.444. The molecule has 8 nitrogen and oxygen atoms in total. The van der Waals surface area contributed by atoms with Crippen molar-refractivity contribution < 1.29 is 32.7 Å². The van der Waals surface area contributed by atoms with Crippen molar-refractivity contribution in [3.63, 3.8) is 0 Å². The first-order chi connectivity index (χ1) is 15.7. The molecular formula is C22H22ClF2N3O5. The molecule has 2 heterocycles. The molecule has 3 rings (SSSR count). The lowest BCUT2D eigenvalue weighted by Crippen LogP contribution is -2.33. The van der Waals surface area contributed by atoms with E-state index in [1.807, 2.05) is 0 Å². The van der Waals surface area contributed by atoms with Crippen LogP contribution in [0.1, 0.15) is 52.2 Å². The minimum absolute atomic E-state index is 0.0190. The highest BCUT2D eigenvalue weighted by molar-refractivity contribution is 6.48. The van der Waals surface area contributed by atoms with Crippen LogP contribution in [-0.4, -0.2) is 41.8 Å². The van der Waals surface area contributed by atoms with Crippen molar-refractivity contribution in [2.75, 3.05) is 19.0 Å². The molecule has 0 radical (unpaired) electrons. The Kier molecular flexibility index (Phi) is 7.80. The van der Waals surface area contributed by atoms with E-state index in [0.29, 0.717) is 37.9 Å². The van der Waals surface area contributed by atoms with Gasteiger partial charge < -0.3 is 19.9 Å². The van der Waals surface area contributed by atoms with E-state index >= 15 is 0 Å². The van der Waals surface area contributed by atoms with Gasteiger partial charge in [0.1, 0.15) is 5.69 Å². The predicted molar refractivity (Wildman–Crippen MR) is 115 cm³/mol. The standard InChI is InChI=1S/C22H22ClF2N3O5/c1-33-16(29)6-2-3-9-26-22(32)20(30)19-18(23)17(15-5-4-10-28(15)19)21(31)27-12-7-8-13(24)14(25)11-12/h7-8,11H,2-6,9-10H2,1H3,(H,26,32)(H,27,31). The Morgan fingerprint density at radius 1 is 1.15 bits per heavy atom. The molecule has 1 aromatic carbocycles. The third kappa shape index (κ3) is 5.39. The Hall–Kier alpha value is -3.27. The highest BCUT2D eigenvalue weighted by atomic mass is 35.5. The van der Waals surface area contributed by atoms with E-state index in [-0.39, 0.29) is 40.9 Å². The number of unbranched alkanes of at least 4 members (excludes halogenated alkanes) is 1. The fourth-order valence-corrected chi connectivity index (χ4v) is 4.03. The maximum absolute atomic E-state index is 13.5. The lowest BCUT2D eigenvalue weighted by Gasteiger charge is -2.07. The van der Waals surface area contributed by atoms with Crippen molar-refractivity contribution in [1.29, 1.82) is 0 Å². The van der Waals surface area contributed by atoms with Crippen LogP contribution >= 0.6 is 11.6 Å². The summed E-state index contributed by atoms with van der Waals surface area (Å²) in [4.78, 5) is 49.1. The summed E-state index contributed by atoms with van der Waals surface area (Å²) in [5.74, 6) is -5.00. The van der Waals surface area contributed by atoms with E-state index in [1.54, 1.807) is 4.57 Å². The van der Waals surface area contributed by atoms with Gasteiger partial charge in [0, 0.05) is 37.0 Å². The highest BCUT2D eigenvalue weighted by Gasteiger charge is 2.34. The summed E-state index contributed by atoms with van der Waals surface area (Å²) >= 11 is 6.37. The second-order valence-corrected chi connectivity index (χ2v) is 7.82. The van der Waals surface area contributed by atoms with Crippen molar-refractivity contribution in [2.24, 2.45) is 0 Å². The predicted octanol–water partition coefficient (Wildman–Crippen LogP) is 3.26. The topological polar surface area (TPSA) is 106 Å². The lowest BCUT2D eigenvalue weighted by atomic mass is 10.1. The number of benzene rings is 1. The maximum Gasteiger partial charge on any atom is 0.305 e. The number of carbonyl (C=O) groups is 4. The fraction of sp³-hybridized carbons (Fsp3) is 0.364. The van der Waals surface area contributed by atoms with E-state index in [0.717, 1.165) is 12.1 Å². The highest BCUT2D eigenvalue weighted by Crippen LogP contribution is 2.34. The van der Waals surface area contributed by atoms with Gasteiger partial charge in [-0.1, -0.05) is 11.6 Å². The molecule has 11 heteroatoms. The van der Waals surface area contributed by atoms with Gasteiger partial charge in [0.25, 0.3) is 17.6 Å². The van der Waals surface area contributed by atoms with Crippen LogP contribution < -0.4 is 10.6 Å². The summed E-state index contributed by atoms with van der Waals surface area (Å²) in [5, 5.41) is 4.77. The first-order valence-corrected chi connectivity index (χ1v) is 10.7. The largest absolute Gasteiger partial charge is 0.469 e. The zero-order valence-corrected chi connectivity index (χ0v) is 18.6. The Balaban J connectivity index is 1.73. The zero-order valence-electron chi connectivity index (χ0n) is 17.8. The number of ketones is 1. The number of aromatic nitrogens is 1. The van der Waals surface area contributed by atoms with Crippen LogP contribution in [0.25, 0.3) is 0 Å². The van der Waals surface area contributed by atoms with Crippen LogP contribution in [0.3, 0.4) is 0 Å². The first kappa shape index (κ1) is 24.4. The fourth-order valence-electron chi connectivity index (χ4n) is 3.65. The molecule has 0 aliphatic carbocycles. The summed E-state index contributed by atoms with van der Waals surface area (Å²) in [6.07, 6.45) is 2.26. The van der Waals surface area contributed by atoms with Gasteiger partial charge >= 0.3 is 5.97 Å². The molecule has 2 amide bonds. The third-order valence-corrected chi connectivity index (χ3v) is 5.62. The summed E-state index contributed by atoms with van der Waals surface area (Å²) in [6, 6.07) is 2.90. The molecule has 0 saturated carbocycles. The molecular weight excluding hydrogens is 460 g/mol. The maximum atomic E-state index is 13.5. The van der Waals surface area contributed by atoms with Crippen LogP contribution in [-0.2, 0) is 27.3 Å². The lowest BCUT2D eigenvalue weighted by molar-refractivity contribution is -0.140. The SMILES string of the molecule is COC(=O)CCCCNC(=O)C(=O)c1c(Cl)c(C(=O)Nc2ccc(F)c(F)c2)c2n1CCC2. The molecule has 1 aliphatic rings. The molecule has 0 bridgehead atoms. The summed E-state index contributed by atoms with van der Waals surface area (Å²) in [6.45, 7) is 0.581. The minimum atomic E-state index is -1.12. The van der Waals surface area contributed by atoms with Gasteiger partial charge in [-0.15, -0.1) is 0 Å². The molecule has 176 valence electrons. The third-order valence-electron chi connectivity index (χ3n) is 5.25. The number of esters is 1. The van der Waals surface area contributed by atoms with Gasteiger partial charge in [-0.05, 0) is 37.8 Å². The quantitative estimate of drug-likeness (QED) is 0.247. The Labute approximate surface area is 193 Å². The number of ether oxygens (including phenoxy) is 1. The van der Waals surface area contributed by atoms with E-state index in [1.165, 1.54) is 13.2 Å². The van der Waals surface area contributed by atoms with Crippen molar-refractivity contribution >= 4 is 40.9 Å². The monoisotopic (exact) mass is 481 g/mol. The Morgan fingerprint density at radius 3 is 2.61 bits per heavy atom. The molecule has 0 unspecified atom stereocenters. The van der Waals surface area contributed by atoms with Crippen molar-refractivity contribution in [2.45, 2.75) is 38.6 Å². The number of Topliss-reactive ketones (excluding diaryl/α,β-unsaturated/α-hetero) is 1. The van der Waals surface area contributed by atoms with Gasteiger partial charge in [0.2, 0.25) is 0 Å². The van der Waals surface area contributed by atoms with Crippen molar-refractivity contribution in [1.82, 2.24) is 9.88 Å². The number of hydrogen-bond donors (Lipinski definition) is 2. The zero-order chi connectivity index (χ0) is 24.1. The molecule has 1 aromatic heterocycles. The van der Waals surface area contributed by atoms with Gasteiger partial charge in [0.15, 0.2) is 11.6 Å². The number of anilines is 1. The van der Waals surface area contributed by atoms with Gasteiger partial charge in [-0.2, -0.15) is 0 Å². The average Bonchev–Trinajstić information content (AvgIpc) is 3.34. The average molecular weight is 482 g/mol. The second kappa shape index (κ2) is 10.6. The van der Waals surface area contributed by atoms with Crippen LogP contribution in [0.5, 0.6) is 0 Å². The Bertz CT molecular complexity index is 1120. The number of rotatable bonds is 9. The molecule has 33 heavy (non-hydrogen) atoms. The van der Waals surface area contributed by atoms with E-state index < -0.39 is 29.2 Å². The molecule has 0 saturated heterocycles. The summed E-state index contributed by atoms with van der Waals surface area (Å²) < 4.78 is 32.7. The molecule has 0 fully saturated rings. The number of halogens is 3. The van der Waals surface area contributed by atoms with Gasteiger partial charge in [0.05, 0.1) is 17.7 Å². The smallest absolute Gasteiger partial charge is 0.305 e. The van der Waals surface area contributed by atoms with E-state index in [2.05, 4.69) is 15.4 Å². The van der Waals surface area contributed by atoms with Crippen LogP contribution in [0.15, 0.2) is 18.2 Å². The number of nitrogens with one attached hydrogen (secondary N) is 2. The molecule has 2 aromatic rings. The minimum Gasteiger partial charge on any atom is -0.469 e. The number of methoxy groups -OCH3 is 1. The number of fused-ring (bicyclic) bond motifs is 1. The van der Waals surface area contributed by atoms with Crippen LogP contribution in [0.4, 0.5) is 14.5 Å².